The zero-order valence-electron chi connectivity index (χ0n) is 15.4. The third-order valence-corrected chi connectivity index (χ3v) is 3.61. The first kappa shape index (κ1) is 20.5. The molecule has 0 spiro atoms. The molecular weight excluding hydrogens is 362 g/mol. The Balaban J connectivity index is 1.83. The second kappa shape index (κ2) is 9.73. The lowest BCUT2D eigenvalue weighted by Gasteiger charge is -2.14. The molecule has 144 valence electrons. The summed E-state index contributed by atoms with van der Waals surface area (Å²) in [5.74, 6) is -1.14. The highest BCUT2D eigenvalue weighted by Crippen LogP contribution is 2.14. The van der Waals surface area contributed by atoms with E-state index in [0.29, 0.717) is 22.6 Å². The van der Waals surface area contributed by atoms with Crippen LogP contribution in [0.5, 0.6) is 5.75 Å². The number of rotatable bonds is 7. The first-order valence-corrected chi connectivity index (χ1v) is 8.38. The Hall–Kier alpha value is -3.86. The van der Waals surface area contributed by atoms with Gasteiger partial charge < -0.3 is 20.1 Å². The van der Waals surface area contributed by atoms with Crippen molar-refractivity contribution in [2.75, 3.05) is 19.0 Å². The standard InChI is InChI=1S/C20H19N3O5/c1-13(28-17-8-6-14(11-21)7-9-17)20(26)27-12-18(24)23-16-5-3-4-15(10-16)19(25)22-2/h3-10,13H,12H2,1-2H3,(H,22,25)(H,23,24)/t13-/m1/s1. The fraction of sp³-hybridized carbons (Fsp3) is 0.200. The normalized spacial score (nSPS) is 10.9. The van der Waals surface area contributed by atoms with Crippen LogP contribution in [0.3, 0.4) is 0 Å². The number of nitrogens with one attached hydrogen (secondary N) is 2. The molecular formula is C20H19N3O5. The Kier molecular flexibility index (Phi) is 7.11. The summed E-state index contributed by atoms with van der Waals surface area (Å²) in [6, 6.07) is 14.6. The minimum absolute atomic E-state index is 0.281. The lowest BCUT2D eigenvalue weighted by molar-refractivity contribution is -0.153. The lowest BCUT2D eigenvalue weighted by atomic mass is 10.2. The summed E-state index contributed by atoms with van der Waals surface area (Å²) >= 11 is 0. The van der Waals surface area contributed by atoms with Gasteiger partial charge in [0.05, 0.1) is 11.6 Å². The van der Waals surface area contributed by atoms with E-state index < -0.39 is 24.6 Å². The molecule has 0 bridgehead atoms. The number of ether oxygens (including phenoxy) is 2. The summed E-state index contributed by atoms with van der Waals surface area (Å²) in [5.41, 5.74) is 1.27. The molecule has 8 nitrogen and oxygen atoms in total. The zero-order valence-corrected chi connectivity index (χ0v) is 15.4. The van der Waals surface area contributed by atoms with Crippen LogP contribution in [0.25, 0.3) is 0 Å². The molecule has 0 aliphatic carbocycles. The Labute approximate surface area is 162 Å². The minimum atomic E-state index is -0.933. The van der Waals surface area contributed by atoms with Gasteiger partial charge in [0.2, 0.25) is 0 Å². The van der Waals surface area contributed by atoms with E-state index in [2.05, 4.69) is 10.6 Å². The number of carbonyl (C=O) groups is 3. The average Bonchev–Trinajstić information content (AvgIpc) is 2.72. The maximum atomic E-state index is 12.0. The number of amides is 2. The van der Waals surface area contributed by atoms with Gasteiger partial charge in [-0.25, -0.2) is 4.79 Å². The number of hydrogen-bond donors (Lipinski definition) is 2. The molecule has 0 saturated carbocycles. The van der Waals surface area contributed by atoms with Gasteiger partial charge in [0, 0.05) is 18.3 Å². The van der Waals surface area contributed by atoms with Crippen LogP contribution >= 0.6 is 0 Å². The minimum Gasteiger partial charge on any atom is -0.479 e. The highest BCUT2D eigenvalue weighted by molar-refractivity contribution is 5.97. The van der Waals surface area contributed by atoms with Gasteiger partial charge >= 0.3 is 5.97 Å². The van der Waals surface area contributed by atoms with Gasteiger partial charge in [0.15, 0.2) is 12.7 Å². The Morgan fingerprint density at radius 1 is 1.14 bits per heavy atom. The largest absolute Gasteiger partial charge is 0.479 e. The molecule has 2 N–H and O–H groups in total. The number of carbonyl (C=O) groups excluding carboxylic acids is 3. The van der Waals surface area contributed by atoms with Crippen molar-refractivity contribution in [2.24, 2.45) is 0 Å². The molecule has 8 heteroatoms. The van der Waals surface area contributed by atoms with Gasteiger partial charge in [0.1, 0.15) is 5.75 Å². The smallest absolute Gasteiger partial charge is 0.347 e. The first-order valence-electron chi connectivity index (χ1n) is 8.38. The zero-order chi connectivity index (χ0) is 20.5. The number of anilines is 1. The SMILES string of the molecule is CNC(=O)c1cccc(NC(=O)COC(=O)[C@@H](C)Oc2ccc(C#N)cc2)c1. The van der Waals surface area contributed by atoms with Gasteiger partial charge in [-0.05, 0) is 49.4 Å². The van der Waals surface area contributed by atoms with Crippen molar-refractivity contribution in [2.45, 2.75) is 13.0 Å². The molecule has 2 rings (SSSR count). The second-order valence-electron chi connectivity index (χ2n) is 5.71. The number of esters is 1. The quantitative estimate of drug-likeness (QED) is 0.707. The van der Waals surface area contributed by atoms with E-state index in [9.17, 15) is 14.4 Å². The summed E-state index contributed by atoms with van der Waals surface area (Å²) in [6.07, 6.45) is -0.933. The topological polar surface area (TPSA) is 118 Å². The van der Waals surface area contributed by atoms with Gasteiger partial charge in [-0.1, -0.05) is 6.07 Å². The molecule has 0 saturated heterocycles. The molecule has 0 heterocycles. The first-order chi connectivity index (χ1) is 13.4. The van der Waals surface area contributed by atoms with Crippen LogP contribution in [0.15, 0.2) is 48.5 Å². The van der Waals surface area contributed by atoms with Crippen LogP contribution < -0.4 is 15.4 Å². The predicted molar refractivity (Wildman–Crippen MR) is 101 cm³/mol. The van der Waals surface area contributed by atoms with Gasteiger partial charge in [0.25, 0.3) is 11.8 Å². The molecule has 28 heavy (non-hydrogen) atoms. The lowest BCUT2D eigenvalue weighted by Crippen LogP contribution is -2.29. The highest BCUT2D eigenvalue weighted by atomic mass is 16.6. The number of benzene rings is 2. The second-order valence-corrected chi connectivity index (χ2v) is 5.71. The summed E-state index contributed by atoms with van der Waals surface area (Å²) < 4.78 is 10.4. The third kappa shape index (κ3) is 5.85. The van der Waals surface area contributed by atoms with E-state index >= 15 is 0 Å². The number of nitriles is 1. The Bertz CT molecular complexity index is 903. The van der Waals surface area contributed by atoms with Crippen molar-refractivity contribution in [1.82, 2.24) is 5.32 Å². The predicted octanol–water partition coefficient (Wildman–Crippen LogP) is 1.87. The summed E-state index contributed by atoms with van der Waals surface area (Å²) in [7, 11) is 1.51. The van der Waals surface area contributed by atoms with Crippen LogP contribution in [0, 0.1) is 11.3 Å². The molecule has 0 aliphatic rings. The van der Waals surface area contributed by atoms with Gasteiger partial charge in [-0.2, -0.15) is 5.26 Å². The molecule has 0 radical (unpaired) electrons. The summed E-state index contributed by atoms with van der Waals surface area (Å²) in [5, 5.41) is 13.8. The van der Waals surface area contributed by atoms with Crippen molar-refractivity contribution < 1.29 is 23.9 Å². The van der Waals surface area contributed by atoms with Crippen LogP contribution in [-0.2, 0) is 14.3 Å². The number of hydrogen-bond acceptors (Lipinski definition) is 6. The molecule has 0 aromatic heterocycles. The van der Waals surface area contributed by atoms with E-state index in [-0.39, 0.29) is 5.91 Å². The van der Waals surface area contributed by atoms with E-state index in [4.69, 9.17) is 14.7 Å². The molecule has 0 fully saturated rings. The van der Waals surface area contributed by atoms with Crippen molar-refractivity contribution in [3.8, 4) is 11.8 Å². The number of nitrogens with zero attached hydrogens (tertiary/aromatic N) is 1. The van der Waals surface area contributed by atoms with E-state index in [0.717, 1.165) is 0 Å². The highest BCUT2D eigenvalue weighted by Gasteiger charge is 2.18. The molecule has 2 aromatic rings. The third-order valence-electron chi connectivity index (χ3n) is 3.61. The van der Waals surface area contributed by atoms with Crippen molar-refractivity contribution in [3.05, 3.63) is 59.7 Å². The molecule has 0 unspecified atom stereocenters. The van der Waals surface area contributed by atoms with E-state index in [1.165, 1.54) is 20.0 Å². The average molecular weight is 381 g/mol. The Morgan fingerprint density at radius 3 is 2.50 bits per heavy atom. The monoisotopic (exact) mass is 381 g/mol. The maximum absolute atomic E-state index is 12.0. The van der Waals surface area contributed by atoms with Gasteiger partial charge in [-0.3, -0.25) is 9.59 Å². The summed E-state index contributed by atoms with van der Waals surface area (Å²) in [6.45, 7) is 0.995. The fourth-order valence-corrected chi connectivity index (χ4v) is 2.19. The molecule has 1 atom stereocenters. The van der Waals surface area contributed by atoms with Gasteiger partial charge in [-0.15, -0.1) is 0 Å². The van der Waals surface area contributed by atoms with Crippen molar-refractivity contribution >= 4 is 23.5 Å². The van der Waals surface area contributed by atoms with E-state index in [1.807, 2.05) is 6.07 Å². The van der Waals surface area contributed by atoms with Crippen LogP contribution in [-0.4, -0.2) is 37.5 Å². The molecule has 0 aliphatic heterocycles. The Morgan fingerprint density at radius 2 is 1.86 bits per heavy atom. The summed E-state index contributed by atoms with van der Waals surface area (Å²) in [4.78, 5) is 35.5. The van der Waals surface area contributed by atoms with Crippen LogP contribution in [0.2, 0.25) is 0 Å². The maximum Gasteiger partial charge on any atom is 0.347 e. The fourth-order valence-electron chi connectivity index (χ4n) is 2.19. The van der Waals surface area contributed by atoms with Crippen LogP contribution in [0.1, 0.15) is 22.8 Å². The van der Waals surface area contributed by atoms with Crippen molar-refractivity contribution in [1.29, 1.82) is 5.26 Å². The van der Waals surface area contributed by atoms with Crippen molar-refractivity contribution in [3.63, 3.8) is 0 Å². The van der Waals surface area contributed by atoms with E-state index in [1.54, 1.807) is 42.5 Å². The van der Waals surface area contributed by atoms with Crippen LogP contribution in [0.4, 0.5) is 5.69 Å². The molecule has 2 amide bonds. The molecule has 2 aromatic carbocycles.